The van der Waals surface area contributed by atoms with Crippen LogP contribution in [0, 0.1) is 52.3 Å². The van der Waals surface area contributed by atoms with Crippen molar-refractivity contribution in [2.75, 3.05) is 6.61 Å². The maximum absolute atomic E-state index is 12.2. The van der Waals surface area contributed by atoms with E-state index in [-0.39, 0.29) is 22.3 Å². The second-order valence-electron chi connectivity index (χ2n) is 17.2. The van der Waals surface area contributed by atoms with E-state index in [0.717, 1.165) is 43.6 Å². The minimum atomic E-state index is -1.74. The van der Waals surface area contributed by atoms with E-state index in [1.807, 2.05) is 0 Å². The van der Waals surface area contributed by atoms with Gasteiger partial charge in [-0.05, 0) is 110 Å². The third-order valence-electron chi connectivity index (χ3n) is 14.2. The average molecular weight is 547 g/mol. The monoisotopic (exact) mass is 546 g/mol. The largest absolute Gasteiger partial charge is 0.414 e. The quantitative estimate of drug-likeness (QED) is 0.355. The minimum Gasteiger partial charge on any atom is -0.414 e. The predicted octanol–water partition coefficient (Wildman–Crippen LogP) is 8.14. The van der Waals surface area contributed by atoms with Crippen molar-refractivity contribution in [3.05, 3.63) is 0 Å². The molecule has 6 rings (SSSR count). The Morgan fingerprint density at radius 1 is 0.895 bits per heavy atom. The Bertz CT molecular complexity index is 920. The SMILES string of the molecule is C[C@H]1CC[C@@]2(OC1)OC1(O)C[C@H]3[C@@H]4CC[C@@H]5C[C@@H](O[Si](C)(C)C(C)(C)C)CC[C@]5(C)[C@H]4CC[C@]3(C)[C@H]1[C@@H]2C. The number of rotatable bonds is 2. The molecule has 5 heteroatoms. The molecule has 6 fully saturated rings. The summed E-state index contributed by atoms with van der Waals surface area (Å²) in [6, 6.07) is 0. The van der Waals surface area contributed by atoms with E-state index in [2.05, 4.69) is 61.6 Å². The summed E-state index contributed by atoms with van der Waals surface area (Å²) in [6.45, 7) is 22.5. The molecule has 0 aromatic carbocycles. The van der Waals surface area contributed by atoms with Crippen LogP contribution in [0.3, 0.4) is 0 Å². The second-order valence-corrected chi connectivity index (χ2v) is 21.9. The van der Waals surface area contributed by atoms with Crippen LogP contribution in [0.2, 0.25) is 18.1 Å². The summed E-state index contributed by atoms with van der Waals surface area (Å²) in [5.74, 6) is 2.31. The van der Waals surface area contributed by atoms with Gasteiger partial charge in [0.15, 0.2) is 19.9 Å². The molecule has 0 aromatic rings. The maximum Gasteiger partial charge on any atom is 0.192 e. The Kier molecular flexibility index (Phi) is 6.52. The predicted molar refractivity (Wildman–Crippen MR) is 155 cm³/mol. The number of hydrogen-bond donors (Lipinski definition) is 1. The summed E-state index contributed by atoms with van der Waals surface area (Å²) in [5, 5.41) is 12.4. The molecule has 12 atom stereocenters. The standard InChI is InChI=1S/C33H58O4Si/c1-21-12-17-33(35-20-21)22(2)28-31(7)16-14-26-25(27(31)19-32(28,34)37-33)11-10-23-18-24(13-15-30(23,26)6)36-38(8,9)29(3,4)5/h21-28,34H,10-20H2,1-9H3/t21-,22-,23+,24-,25+,26-,27-,28+,30-,31-,32?,33+/m0/s1. The Hall–Kier alpha value is 0.0569. The van der Waals surface area contributed by atoms with Crippen molar-refractivity contribution in [1.29, 1.82) is 0 Å². The summed E-state index contributed by atoms with van der Waals surface area (Å²) in [4.78, 5) is 0. The van der Waals surface area contributed by atoms with Gasteiger partial charge >= 0.3 is 0 Å². The van der Waals surface area contributed by atoms with E-state index in [9.17, 15) is 5.11 Å². The van der Waals surface area contributed by atoms with Crippen LogP contribution in [-0.2, 0) is 13.9 Å². The molecule has 2 saturated heterocycles. The third kappa shape index (κ3) is 3.94. The Morgan fingerprint density at radius 3 is 2.26 bits per heavy atom. The lowest BCUT2D eigenvalue weighted by molar-refractivity contribution is -0.331. The van der Waals surface area contributed by atoms with Crippen molar-refractivity contribution in [3.63, 3.8) is 0 Å². The van der Waals surface area contributed by atoms with Gasteiger partial charge in [0.2, 0.25) is 0 Å². The average Bonchev–Trinajstić information content (AvgIpc) is 3.18. The van der Waals surface area contributed by atoms with E-state index < -0.39 is 19.9 Å². The van der Waals surface area contributed by atoms with Gasteiger partial charge < -0.3 is 19.0 Å². The van der Waals surface area contributed by atoms with Crippen LogP contribution in [0.15, 0.2) is 0 Å². The molecule has 2 aliphatic heterocycles. The first-order valence-electron chi connectivity index (χ1n) is 16.3. The van der Waals surface area contributed by atoms with Crippen molar-refractivity contribution in [1.82, 2.24) is 0 Å². The molecule has 1 spiro atoms. The zero-order valence-electron chi connectivity index (χ0n) is 26.1. The number of ether oxygens (including phenoxy) is 2. The minimum absolute atomic E-state index is 0.150. The molecule has 1 N–H and O–H groups in total. The maximum atomic E-state index is 12.2. The van der Waals surface area contributed by atoms with E-state index >= 15 is 0 Å². The Morgan fingerprint density at radius 2 is 1.61 bits per heavy atom. The van der Waals surface area contributed by atoms with Gasteiger partial charge in [0.05, 0.1) is 6.61 Å². The van der Waals surface area contributed by atoms with Crippen molar-refractivity contribution >= 4 is 8.32 Å². The molecule has 38 heavy (non-hydrogen) atoms. The van der Waals surface area contributed by atoms with E-state index in [0.29, 0.717) is 23.4 Å². The highest BCUT2D eigenvalue weighted by atomic mass is 28.4. The lowest BCUT2D eigenvalue weighted by Gasteiger charge is -2.61. The lowest BCUT2D eigenvalue weighted by Crippen LogP contribution is -2.56. The summed E-state index contributed by atoms with van der Waals surface area (Å²) in [6.07, 6.45) is 12.4. The van der Waals surface area contributed by atoms with E-state index in [1.54, 1.807) is 0 Å². The van der Waals surface area contributed by atoms with E-state index in [1.165, 1.54) is 44.9 Å². The van der Waals surface area contributed by atoms with Gasteiger partial charge in [-0.3, -0.25) is 0 Å². The molecule has 4 saturated carbocycles. The lowest BCUT2D eigenvalue weighted by atomic mass is 9.44. The fourth-order valence-corrected chi connectivity index (χ4v) is 12.4. The van der Waals surface area contributed by atoms with Gasteiger partial charge in [0, 0.05) is 30.8 Å². The smallest absolute Gasteiger partial charge is 0.192 e. The van der Waals surface area contributed by atoms with Gasteiger partial charge in [-0.25, -0.2) is 0 Å². The van der Waals surface area contributed by atoms with Crippen LogP contribution in [0.4, 0.5) is 0 Å². The molecule has 4 aliphatic carbocycles. The fraction of sp³-hybridized carbons (Fsp3) is 1.00. The highest BCUT2D eigenvalue weighted by Crippen LogP contribution is 2.73. The molecule has 0 aromatic heterocycles. The van der Waals surface area contributed by atoms with Gasteiger partial charge in [0.25, 0.3) is 0 Å². The first kappa shape index (κ1) is 28.2. The number of aliphatic hydroxyl groups is 1. The molecule has 0 radical (unpaired) electrons. The van der Waals surface area contributed by atoms with Crippen LogP contribution in [-0.4, -0.2) is 37.7 Å². The first-order chi connectivity index (χ1) is 17.5. The molecule has 0 bridgehead atoms. The van der Waals surface area contributed by atoms with Crippen LogP contribution in [0.1, 0.15) is 113 Å². The third-order valence-corrected chi connectivity index (χ3v) is 18.7. The Labute approximate surface area is 234 Å². The van der Waals surface area contributed by atoms with Gasteiger partial charge in [-0.2, -0.15) is 0 Å². The van der Waals surface area contributed by atoms with Gasteiger partial charge in [-0.1, -0.05) is 48.5 Å². The Balaban J connectivity index is 1.19. The number of hydrogen-bond acceptors (Lipinski definition) is 4. The molecule has 1 unspecified atom stereocenters. The second kappa shape index (κ2) is 8.78. The molecule has 2 heterocycles. The molecule has 6 aliphatic rings. The highest BCUT2D eigenvalue weighted by molar-refractivity contribution is 6.74. The van der Waals surface area contributed by atoms with Gasteiger partial charge in [0.1, 0.15) is 0 Å². The molecule has 0 amide bonds. The fourth-order valence-electron chi connectivity index (χ4n) is 11.0. The normalized spacial score (nSPS) is 54.8. The summed E-state index contributed by atoms with van der Waals surface area (Å²) in [5.41, 5.74) is 0.575. The highest BCUT2D eigenvalue weighted by Gasteiger charge is 2.74. The van der Waals surface area contributed by atoms with Crippen LogP contribution >= 0.6 is 0 Å². The van der Waals surface area contributed by atoms with Crippen LogP contribution in [0.5, 0.6) is 0 Å². The van der Waals surface area contributed by atoms with Crippen LogP contribution in [0.25, 0.3) is 0 Å². The van der Waals surface area contributed by atoms with Crippen molar-refractivity contribution in [2.24, 2.45) is 52.3 Å². The summed E-state index contributed by atoms with van der Waals surface area (Å²) in [7, 11) is -1.74. The zero-order chi connectivity index (χ0) is 27.5. The van der Waals surface area contributed by atoms with E-state index in [4.69, 9.17) is 13.9 Å². The molecule has 4 nitrogen and oxygen atoms in total. The zero-order valence-corrected chi connectivity index (χ0v) is 27.1. The topological polar surface area (TPSA) is 47.9 Å². The summed E-state index contributed by atoms with van der Waals surface area (Å²) >= 11 is 0. The molecular weight excluding hydrogens is 488 g/mol. The van der Waals surface area contributed by atoms with Crippen molar-refractivity contribution in [2.45, 2.75) is 148 Å². The van der Waals surface area contributed by atoms with Crippen LogP contribution < -0.4 is 0 Å². The number of fused-ring (bicyclic) bond motifs is 7. The molecule has 218 valence electrons. The van der Waals surface area contributed by atoms with Crippen molar-refractivity contribution in [3.8, 4) is 0 Å². The summed E-state index contributed by atoms with van der Waals surface area (Å²) < 4.78 is 20.2. The van der Waals surface area contributed by atoms with Crippen molar-refractivity contribution < 1.29 is 19.0 Å². The van der Waals surface area contributed by atoms with Gasteiger partial charge in [-0.15, -0.1) is 0 Å². The first-order valence-corrected chi connectivity index (χ1v) is 19.2. The molecular formula is C33H58O4Si.